The second-order valence-corrected chi connectivity index (χ2v) is 10.3. The number of benzene rings is 2. The van der Waals surface area contributed by atoms with E-state index in [-0.39, 0.29) is 48.8 Å². The lowest BCUT2D eigenvalue weighted by Gasteiger charge is -2.11. The first kappa shape index (κ1) is 21.3. The Hall–Kier alpha value is -3.57. The van der Waals surface area contributed by atoms with Crippen molar-refractivity contribution in [2.75, 3.05) is 0 Å². The lowest BCUT2D eigenvalue weighted by molar-refractivity contribution is -0.137. The van der Waals surface area contributed by atoms with Gasteiger partial charge in [-0.3, -0.25) is 9.59 Å². The number of aromatic amines is 1. The molecule has 2 heterocycles. The molecule has 0 spiro atoms. The van der Waals surface area contributed by atoms with Gasteiger partial charge in [0.2, 0.25) is 9.84 Å². The zero-order valence-electron chi connectivity index (χ0n) is 16.7. The zero-order chi connectivity index (χ0) is 23.7. The molecule has 5 rings (SSSR count). The molecule has 1 fully saturated rings. The molecule has 0 bridgehead atoms. The van der Waals surface area contributed by atoms with Crippen molar-refractivity contribution in [1.29, 1.82) is 0 Å². The minimum Gasteiger partial charge on any atom is -0.481 e. The van der Waals surface area contributed by atoms with Crippen molar-refractivity contribution in [2.45, 2.75) is 28.7 Å². The minimum absolute atomic E-state index is 0.0238. The van der Waals surface area contributed by atoms with Crippen LogP contribution in [0.15, 0.2) is 62.0 Å². The molecule has 0 saturated heterocycles. The number of halogens is 1. The third-order valence-electron chi connectivity index (χ3n) is 5.92. The Bertz CT molecular complexity index is 1700. The van der Waals surface area contributed by atoms with Crippen LogP contribution in [-0.4, -0.2) is 39.0 Å². The molecule has 0 radical (unpaired) electrons. The number of carboxylic acid groups (broad SMARTS) is 1. The van der Waals surface area contributed by atoms with Gasteiger partial charge in [-0.05, 0) is 48.1 Å². The number of hydrogen-bond acceptors (Lipinski definition) is 6. The van der Waals surface area contributed by atoms with Crippen LogP contribution in [0.5, 0.6) is 0 Å². The maximum Gasteiger partial charge on any atom is 0.362 e. The Morgan fingerprint density at radius 2 is 1.94 bits per heavy atom. The second kappa shape index (κ2) is 7.22. The van der Waals surface area contributed by atoms with Crippen LogP contribution < -0.4 is 11.2 Å². The molecule has 4 aromatic rings. The lowest BCUT2D eigenvalue weighted by Crippen LogP contribution is -2.33. The van der Waals surface area contributed by atoms with E-state index < -0.39 is 27.1 Å². The van der Waals surface area contributed by atoms with Crippen LogP contribution in [-0.2, 0) is 14.6 Å². The summed E-state index contributed by atoms with van der Waals surface area (Å²) in [6, 6.07) is 8.70. The van der Waals surface area contributed by atoms with E-state index in [0.717, 1.165) is 5.39 Å². The summed E-state index contributed by atoms with van der Waals surface area (Å²) in [6.07, 6.45) is 2.52. The SMILES string of the molecule is O=C(O)C[C@H]1C[C@H]1n1ccc2ccc(S(=O)(=O)c3ccc(Cl)c4c(=O)n(O)c(=O)[nH]c34)cc21. The maximum atomic E-state index is 13.5. The Morgan fingerprint density at radius 3 is 2.67 bits per heavy atom. The summed E-state index contributed by atoms with van der Waals surface area (Å²) in [6.45, 7) is 0. The van der Waals surface area contributed by atoms with Crippen molar-refractivity contribution >= 4 is 49.2 Å². The van der Waals surface area contributed by atoms with Crippen molar-refractivity contribution < 1.29 is 23.5 Å². The van der Waals surface area contributed by atoms with Gasteiger partial charge < -0.3 is 19.9 Å². The van der Waals surface area contributed by atoms with E-state index in [1.807, 2.05) is 10.6 Å². The minimum atomic E-state index is -4.22. The number of carbonyl (C=O) groups is 1. The normalized spacial score (nSPS) is 18.1. The first-order valence-corrected chi connectivity index (χ1v) is 11.7. The predicted octanol–water partition coefficient (Wildman–Crippen LogP) is 2.40. The Morgan fingerprint density at radius 1 is 1.18 bits per heavy atom. The number of aromatic nitrogens is 3. The smallest absolute Gasteiger partial charge is 0.362 e. The van der Waals surface area contributed by atoms with Crippen LogP contribution in [0, 0.1) is 5.92 Å². The first-order chi connectivity index (χ1) is 15.6. The summed E-state index contributed by atoms with van der Waals surface area (Å²) in [5.41, 5.74) is -2.02. The van der Waals surface area contributed by atoms with Crippen molar-refractivity contribution in [2.24, 2.45) is 5.92 Å². The van der Waals surface area contributed by atoms with Gasteiger partial charge >= 0.3 is 11.7 Å². The van der Waals surface area contributed by atoms with Crippen LogP contribution in [0.4, 0.5) is 0 Å². The van der Waals surface area contributed by atoms with Crippen molar-refractivity contribution in [3.8, 4) is 0 Å². The molecule has 3 N–H and O–H groups in total. The standard InChI is InChI=1S/C21H16ClN3O7S/c22-13-3-4-16(19-18(13)20(28)25(30)21(29)23-19)33(31,32)12-2-1-10-5-6-24(15(10)9-12)14-7-11(14)8-17(26)27/h1-6,9,11,14,30H,7-8H2,(H,23,29)(H,26,27)/t11-,14-/m1/s1. The average Bonchev–Trinajstić information content (AvgIpc) is 3.36. The molecule has 2 aromatic carbocycles. The molecule has 0 aliphatic heterocycles. The van der Waals surface area contributed by atoms with Crippen molar-refractivity contribution in [3.63, 3.8) is 0 Å². The highest BCUT2D eigenvalue weighted by Gasteiger charge is 2.40. The second-order valence-electron chi connectivity index (χ2n) is 7.95. The van der Waals surface area contributed by atoms with Crippen LogP contribution in [0.25, 0.3) is 21.8 Å². The van der Waals surface area contributed by atoms with Gasteiger partial charge in [-0.1, -0.05) is 22.4 Å². The molecule has 10 nitrogen and oxygen atoms in total. The lowest BCUT2D eigenvalue weighted by atomic mass is 10.2. The summed E-state index contributed by atoms with van der Waals surface area (Å²) in [5.74, 6) is -0.905. The largest absolute Gasteiger partial charge is 0.481 e. The molecule has 2 aromatic heterocycles. The number of hydrogen-bond donors (Lipinski definition) is 3. The number of carboxylic acids is 1. The van der Waals surface area contributed by atoms with Gasteiger partial charge in [0.1, 0.15) is 0 Å². The molecule has 2 atom stereocenters. The van der Waals surface area contributed by atoms with Gasteiger partial charge in [-0.25, -0.2) is 13.2 Å². The molecule has 33 heavy (non-hydrogen) atoms. The molecule has 1 saturated carbocycles. The number of H-pyrrole nitrogens is 1. The number of nitrogens with one attached hydrogen (secondary N) is 1. The van der Waals surface area contributed by atoms with Gasteiger partial charge in [-0.15, -0.1) is 0 Å². The Kier molecular flexibility index (Phi) is 4.66. The Labute approximate surface area is 190 Å². The number of aliphatic carboxylic acids is 1. The van der Waals surface area contributed by atoms with E-state index >= 15 is 0 Å². The monoisotopic (exact) mass is 489 g/mol. The van der Waals surface area contributed by atoms with Crippen LogP contribution >= 0.6 is 11.6 Å². The van der Waals surface area contributed by atoms with Crippen LogP contribution in [0.3, 0.4) is 0 Å². The summed E-state index contributed by atoms with van der Waals surface area (Å²) < 4.78 is 28.7. The molecule has 0 amide bonds. The van der Waals surface area contributed by atoms with E-state index in [1.54, 1.807) is 12.3 Å². The van der Waals surface area contributed by atoms with E-state index in [4.69, 9.17) is 16.7 Å². The van der Waals surface area contributed by atoms with E-state index in [9.17, 15) is 28.0 Å². The highest BCUT2D eigenvalue weighted by Crippen LogP contribution is 2.47. The maximum absolute atomic E-state index is 13.5. The fourth-order valence-corrected chi connectivity index (χ4v) is 5.88. The van der Waals surface area contributed by atoms with Crippen LogP contribution in [0.1, 0.15) is 18.9 Å². The van der Waals surface area contributed by atoms with Gasteiger partial charge in [0.25, 0.3) is 5.56 Å². The number of rotatable bonds is 5. The van der Waals surface area contributed by atoms with E-state index in [2.05, 4.69) is 4.98 Å². The third kappa shape index (κ3) is 3.31. The number of sulfone groups is 1. The average molecular weight is 490 g/mol. The fourth-order valence-electron chi connectivity index (χ4n) is 4.20. The van der Waals surface area contributed by atoms with Crippen LogP contribution in [0.2, 0.25) is 5.02 Å². The number of nitrogens with zero attached hydrogens (tertiary/aromatic N) is 2. The molecule has 1 aliphatic carbocycles. The molecule has 12 heteroatoms. The third-order valence-corrected chi connectivity index (χ3v) is 8.03. The summed E-state index contributed by atoms with van der Waals surface area (Å²) in [7, 11) is -4.22. The summed E-state index contributed by atoms with van der Waals surface area (Å²) in [4.78, 5) is 37.1. The van der Waals surface area contributed by atoms with Gasteiger partial charge in [-0.2, -0.15) is 0 Å². The quantitative estimate of drug-likeness (QED) is 0.364. The van der Waals surface area contributed by atoms with Gasteiger partial charge in [0, 0.05) is 17.8 Å². The van der Waals surface area contributed by atoms with Gasteiger partial charge in [0.05, 0.1) is 32.1 Å². The van der Waals surface area contributed by atoms with E-state index in [0.29, 0.717) is 11.9 Å². The highest BCUT2D eigenvalue weighted by molar-refractivity contribution is 7.91. The zero-order valence-corrected chi connectivity index (χ0v) is 18.3. The molecule has 0 unspecified atom stereocenters. The topological polar surface area (TPSA) is 151 Å². The summed E-state index contributed by atoms with van der Waals surface area (Å²) in [5, 5.41) is 19.0. The van der Waals surface area contributed by atoms with Gasteiger partial charge in [0.15, 0.2) is 0 Å². The first-order valence-electron chi connectivity index (χ1n) is 9.84. The fraction of sp³-hybridized carbons (Fsp3) is 0.190. The van der Waals surface area contributed by atoms with Crippen molar-refractivity contribution in [1.82, 2.24) is 14.3 Å². The van der Waals surface area contributed by atoms with E-state index in [1.165, 1.54) is 24.3 Å². The molecule has 1 aliphatic rings. The highest BCUT2D eigenvalue weighted by atomic mass is 35.5. The predicted molar refractivity (Wildman–Crippen MR) is 118 cm³/mol. The molecular weight excluding hydrogens is 474 g/mol. The molecule has 170 valence electrons. The van der Waals surface area contributed by atoms with Crippen molar-refractivity contribution in [3.05, 3.63) is 68.5 Å². The Balaban J connectivity index is 1.67. The summed E-state index contributed by atoms with van der Waals surface area (Å²) >= 11 is 6.04. The number of fused-ring (bicyclic) bond motifs is 2. The molecular formula is C21H16ClN3O7S.